The monoisotopic (exact) mass is 784 g/mol. The fourth-order valence-electron chi connectivity index (χ4n) is 5.26. The molecule has 4 heterocycles. The lowest BCUT2D eigenvalue weighted by Gasteiger charge is -2.49. The van der Waals surface area contributed by atoms with Gasteiger partial charge in [-0.05, 0) is 24.1 Å². The molecule has 2 aromatic heterocycles. The lowest BCUT2D eigenvalue weighted by Crippen LogP contribution is -2.71. The number of thioether (sulfide) groups is 1. The van der Waals surface area contributed by atoms with Gasteiger partial charge in [0.1, 0.15) is 29.7 Å². The summed E-state index contributed by atoms with van der Waals surface area (Å²) >= 11 is 2.32. The third kappa shape index (κ3) is 9.31. The van der Waals surface area contributed by atoms with Crippen LogP contribution in [0.5, 0.6) is 0 Å². The molecule has 6 rings (SSSR count). The van der Waals surface area contributed by atoms with Crippen LogP contribution in [0, 0.1) is 0 Å². The number of aliphatic carboxylic acids is 1. The molecule has 0 saturated carbocycles. The lowest BCUT2D eigenvalue weighted by atomic mass is 10.0. The highest BCUT2D eigenvalue weighted by Gasteiger charge is 2.55. The molecule has 0 bridgehead atoms. The summed E-state index contributed by atoms with van der Waals surface area (Å²) in [4.78, 5) is 60.7. The topological polar surface area (TPSA) is 219 Å². The van der Waals surface area contributed by atoms with Crippen LogP contribution in [0.4, 0.5) is 24.0 Å². The molecule has 282 valence electrons. The molecule has 54 heavy (non-hydrogen) atoms. The number of hydrogen-bond acceptors (Lipinski definition) is 14. The van der Waals surface area contributed by atoms with Gasteiger partial charge < -0.3 is 36.3 Å². The fraction of sp³-hybridized carbons (Fsp3) is 0.235. The SMILES string of the molecule is CCON=C(C(=O)NC1C(=O)N2C(C(=O)OC(c3ccccc3)c3ccccc3)=C(C[n+]3cccc(N)c3)CS[C@@H]12)c1nsc(N)n1.O=C([O-])C(F)(F)F. The Hall–Kier alpha value is -6.02. The minimum absolute atomic E-state index is 0.0168. The Kier molecular flexibility index (Phi) is 12.5. The summed E-state index contributed by atoms with van der Waals surface area (Å²) in [6.07, 6.45) is -2.34. The number of β-lactam (4-membered cyclic amide) rings is 1. The second-order valence-electron chi connectivity index (χ2n) is 11.3. The van der Waals surface area contributed by atoms with Crippen LogP contribution >= 0.6 is 23.3 Å². The van der Waals surface area contributed by atoms with Gasteiger partial charge in [-0.25, -0.2) is 4.79 Å². The maximum Gasteiger partial charge on any atom is 0.430 e. The van der Waals surface area contributed by atoms with Crippen LogP contribution in [0.2, 0.25) is 0 Å². The number of alkyl halides is 3. The predicted octanol–water partition coefficient (Wildman–Crippen LogP) is 1.72. The van der Waals surface area contributed by atoms with Gasteiger partial charge in [0.05, 0.1) is 5.69 Å². The molecule has 2 aliphatic rings. The van der Waals surface area contributed by atoms with E-state index >= 15 is 0 Å². The van der Waals surface area contributed by atoms with E-state index in [4.69, 9.17) is 30.9 Å². The zero-order chi connectivity index (χ0) is 39.0. The molecule has 5 N–H and O–H groups in total. The van der Waals surface area contributed by atoms with Crippen molar-refractivity contribution in [3.05, 3.63) is 113 Å². The average Bonchev–Trinajstić information content (AvgIpc) is 3.58. The van der Waals surface area contributed by atoms with Crippen molar-refractivity contribution in [1.82, 2.24) is 19.6 Å². The second-order valence-corrected chi connectivity index (χ2v) is 13.2. The summed E-state index contributed by atoms with van der Waals surface area (Å²) < 4.78 is 43.7. The first-order valence-corrected chi connectivity index (χ1v) is 17.7. The first-order valence-electron chi connectivity index (χ1n) is 15.9. The Morgan fingerprint density at radius 3 is 2.24 bits per heavy atom. The first kappa shape index (κ1) is 39.2. The minimum Gasteiger partial charge on any atom is -0.542 e. The number of ether oxygens (including phenoxy) is 1. The number of halogens is 3. The largest absolute Gasteiger partial charge is 0.542 e. The fourth-order valence-corrected chi connectivity index (χ4v) is 7.03. The Balaban J connectivity index is 0.000000730. The molecule has 4 aromatic rings. The van der Waals surface area contributed by atoms with Crippen molar-refractivity contribution in [2.45, 2.75) is 37.2 Å². The van der Waals surface area contributed by atoms with Gasteiger partial charge in [-0.1, -0.05) is 65.8 Å². The number of nitrogens with zero attached hydrogens (tertiary/aromatic N) is 5. The first-order chi connectivity index (χ1) is 25.8. The molecule has 2 atom stereocenters. The van der Waals surface area contributed by atoms with E-state index in [0.29, 0.717) is 23.6 Å². The highest BCUT2D eigenvalue weighted by molar-refractivity contribution is 8.00. The van der Waals surface area contributed by atoms with Crippen LogP contribution in [0.3, 0.4) is 0 Å². The number of aromatic nitrogens is 3. The lowest BCUT2D eigenvalue weighted by molar-refractivity contribution is -0.688. The van der Waals surface area contributed by atoms with Crippen LogP contribution in [0.1, 0.15) is 30.0 Å². The highest BCUT2D eigenvalue weighted by Crippen LogP contribution is 2.42. The number of benzene rings is 2. The number of fused-ring (bicyclic) bond motifs is 1. The molecule has 2 aliphatic heterocycles. The molecule has 1 fully saturated rings. The van der Waals surface area contributed by atoms with Crippen LogP contribution in [0.25, 0.3) is 0 Å². The zero-order valence-corrected chi connectivity index (χ0v) is 29.8. The number of nitrogens with one attached hydrogen (secondary N) is 1. The molecule has 0 aliphatic carbocycles. The van der Waals surface area contributed by atoms with Gasteiger partial charge in [0, 0.05) is 28.9 Å². The van der Waals surface area contributed by atoms with E-state index in [1.54, 1.807) is 25.3 Å². The number of nitrogen functional groups attached to an aromatic ring is 2. The number of nitrogens with two attached hydrogens (primary N) is 2. The second kappa shape index (κ2) is 17.2. The molecule has 15 nitrogen and oxygen atoms in total. The van der Waals surface area contributed by atoms with Crippen molar-refractivity contribution in [2.24, 2.45) is 5.16 Å². The molecule has 1 saturated heterocycles. The number of amides is 2. The van der Waals surface area contributed by atoms with Crippen molar-refractivity contribution in [3.8, 4) is 0 Å². The van der Waals surface area contributed by atoms with Crippen molar-refractivity contribution in [1.29, 1.82) is 0 Å². The van der Waals surface area contributed by atoms with Crippen molar-refractivity contribution in [2.75, 3.05) is 23.8 Å². The maximum absolute atomic E-state index is 14.2. The summed E-state index contributed by atoms with van der Waals surface area (Å²) in [6.45, 7) is 2.20. The number of anilines is 2. The summed E-state index contributed by atoms with van der Waals surface area (Å²) in [6, 6.07) is 21.4. The maximum atomic E-state index is 14.2. The van der Waals surface area contributed by atoms with E-state index in [0.717, 1.165) is 22.7 Å². The Bertz CT molecular complexity index is 2030. The number of oxime groups is 1. The molecule has 2 aromatic carbocycles. The van der Waals surface area contributed by atoms with Crippen LogP contribution in [-0.4, -0.2) is 73.7 Å². The van der Waals surface area contributed by atoms with E-state index in [1.807, 2.05) is 71.4 Å². The van der Waals surface area contributed by atoms with Crippen molar-refractivity contribution >= 4 is 63.6 Å². The van der Waals surface area contributed by atoms with Gasteiger partial charge in [-0.15, -0.1) is 11.8 Å². The van der Waals surface area contributed by atoms with Crippen LogP contribution < -0.4 is 26.5 Å². The van der Waals surface area contributed by atoms with Gasteiger partial charge in [0.2, 0.25) is 11.5 Å². The van der Waals surface area contributed by atoms with E-state index in [-0.39, 0.29) is 29.0 Å². The molecule has 2 amide bonds. The summed E-state index contributed by atoms with van der Waals surface area (Å²) in [7, 11) is 0. The van der Waals surface area contributed by atoms with Gasteiger partial charge in [-0.2, -0.15) is 27.1 Å². The Morgan fingerprint density at radius 1 is 1.07 bits per heavy atom. The van der Waals surface area contributed by atoms with E-state index < -0.39 is 47.4 Å². The zero-order valence-electron chi connectivity index (χ0n) is 28.1. The van der Waals surface area contributed by atoms with Crippen LogP contribution in [0.15, 0.2) is 102 Å². The summed E-state index contributed by atoms with van der Waals surface area (Å²) in [5.41, 5.74) is 14.4. The third-order valence-corrected chi connectivity index (χ3v) is 9.48. The molecule has 0 radical (unpaired) electrons. The standard InChI is InChI=1S/C32H30N8O5S2.C2HF3O2/c1-2-44-37-23(27-36-32(34)47-38-27)28(41)35-24-29(42)40-25(21(18-46-30(24)40)16-39-15-9-14-22(33)17-39)31(43)45-26(19-10-5-3-6-11-19)20-12-7-4-8-13-20;3-2(4,5)1(6)7/h3-15,17,24,26,30H,2,16,18,33H2,1H3,(H2-,34,35,36,38,41);(H,6,7)/t24?,30-;/m0./s1. The number of esters is 1. The van der Waals surface area contributed by atoms with Gasteiger partial charge in [0.15, 0.2) is 30.2 Å². The minimum atomic E-state index is -5.19. The molecule has 0 spiro atoms. The quantitative estimate of drug-likeness (QED) is 0.0651. The van der Waals surface area contributed by atoms with Gasteiger partial charge in [0.25, 0.3) is 11.8 Å². The van der Waals surface area contributed by atoms with Gasteiger partial charge in [-0.3, -0.25) is 14.5 Å². The molecular formula is C34H31F3N8O7S2. The average molecular weight is 785 g/mol. The summed E-state index contributed by atoms with van der Waals surface area (Å²) in [5, 5.41) is 14.9. The molecule has 1 unspecified atom stereocenters. The number of pyridine rings is 1. The third-order valence-electron chi connectivity index (χ3n) is 7.60. The highest BCUT2D eigenvalue weighted by atomic mass is 32.2. The Labute approximate surface area is 313 Å². The van der Waals surface area contributed by atoms with Crippen LogP contribution in [-0.2, 0) is 35.3 Å². The molecule has 20 heteroatoms. The number of carboxylic acids is 1. The number of carbonyl (C=O) groups excluding carboxylic acids is 4. The predicted molar refractivity (Wildman–Crippen MR) is 187 cm³/mol. The number of rotatable bonds is 11. The van der Waals surface area contributed by atoms with Crippen molar-refractivity contribution < 1.29 is 51.6 Å². The van der Waals surface area contributed by atoms with E-state index in [1.165, 1.54) is 16.7 Å². The Morgan fingerprint density at radius 2 is 1.70 bits per heavy atom. The van der Waals surface area contributed by atoms with E-state index in [9.17, 15) is 27.6 Å². The smallest absolute Gasteiger partial charge is 0.430 e. The summed E-state index contributed by atoms with van der Waals surface area (Å²) in [5.74, 6) is -4.48. The van der Waals surface area contributed by atoms with Gasteiger partial charge >= 0.3 is 12.1 Å². The van der Waals surface area contributed by atoms with E-state index in [2.05, 4.69) is 19.8 Å². The number of hydrogen-bond donors (Lipinski definition) is 3. The number of carboxylic acid groups (broad SMARTS) is 1. The number of carbonyl (C=O) groups is 4. The normalized spacial score (nSPS) is 16.8. The van der Waals surface area contributed by atoms with Crippen molar-refractivity contribution in [3.63, 3.8) is 0 Å². The molecular weight excluding hydrogens is 754 g/mol.